The van der Waals surface area contributed by atoms with Crippen molar-refractivity contribution in [2.45, 2.75) is 25.3 Å². The van der Waals surface area contributed by atoms with Crippen molar-refractivity contribution in [1.29, 1.82) is 0 Å². The van der Waals surface area contributed by atoms with Crippen molar-refractivity contribution in [2.24, 2.45) is 0 Å². The van der Waals surface area contributed by atoms with E-state index in [0.717, 1.165) is 23.1 Å². The number of hydrogen-bond acceptors (Lipinski definition) is 3. The molecular formula is C17H18N4. The van der Waals surface area contributed by atoms with Crippen molar-refractivity contribution in [3.05, 3.63) is 54.7 Å². The number of nitrogens with zero attached hydrogens (tertiary/aromatic N) is 3. The minimum atomic E-state index is 0.396. The Morgan fingerprint density at radius 1 is 1.14 bits per heavy atom. The molecule has 0 aliphatic carbocycles. The number of aromatic nitrogens is 3. The number of benzene rings is 1. The van der Waals surface area contributed by atoms with Crippen LogP contribution in [-0.4, -0.2) is 21.1 Å². The first-order chi connectivity index (χ1) is 10.4. The second kappa shape index (κ2) is 5.30. The summed E-state index contributed by atoms with van der Waals surface area (Å²) in [7, 11) is 0. The molecule has 1 saturated heterocycles. The molecule has 4 heteroatoms. The fourth-order valence-electron chi connectivity index (χ4n) is 3.07. The Balaban J connectivity index is 1.76. The molecule has 1 fully saturated rings. The second-order valence-corrected chi connectivity index (χ2v) is 5.58. The van der Waals surface area contributed by atoms with Gasteiger partial charge < -0.3 is 9.88 Å². The summed E-state index contributed by atoms with van der Waals surface area (Å²) in [5.74, 6) is 0. The molecule has 3 heterocycles. The van der Waals surface area contributed by atoms with Crippen molar-refractivity contribution in [1.82, 2.24) is 19.9 Å². The van der Waals surface area contributed by atoms with E-state index in [1.165, 1.54) is 25.0 Å². The van der Waals surface area contributed by atoms with Gasteiger partial charge in [-0.25, -0.2) is 4.98 Å². The summed E-state index contributed by atoms with van der Waals surface area (Å²) in [6, 6.07) is 10.8. The SMILES string of the molecule is c1ccc2ncc(-n3cncc3C3CCCCN3)cc2c1. The molecule has 4 nitrogen and oxygen atoms in total. The number of imidazole rings is 1. The van der Waals surface area contributed by atoms with Crippen LogP contribution in [0, 0.1) is 0 Å². The highest BCUT2D eigenvalue weighted by Gasteiger charge is 2.19. The van der Waals surface area contributed by atoms with Gasteiger partial charge in [0.1, 0.15) is 0 Å². The molecule has 1 unspecified atom stereocenters. The van der Waals surface area contributed by atoms with E-state index in [9.17, 15) is 0 Å². The zero-order valence-corrected chi connectivity index (χ0v) is 11.9. The van der Waals surface area contributed by atoms with Gasteiger partial charge in [-0.05, 0) is 31.5 Å². The standard InChI is InChI=1S/C17H18N4/c1-2-6-15-13(5-1)9-14(10-20-15)21-12-18-11-17(21)16-7-3-4-8-19-16/h1-2,5-6,9-12,16,19H,3-4,7-8H2. The third-order valence-electron chi connectivity index (χ3n) is 4.19. The summed E-state index contributed by atoms with van der Waals surface area (Å²) < 4.78 is 2.16. The number of fused-ring (bicyclic) bond motifs is 1. The minimum Gasteiger partial charge on any atom is -0.309 e. The van der Waals surface area contributed by atoms with Crippen LogP contribution in [0.1, 0.15) is 31.0 Å². The van der Waals surface area contributed by atoms with Crippen LogP contribution in [-0.2, 0) is 0 Å². The molecule has 3 aromatic rings. The van der Waals surface area contributed by atoms with Gasteiger partial charge in [0, 0.05) is 11.4 Å². The summed E-state index contributed by atoms with van der Waals surface area (Å²) in [6.07, 6.45) is 9.50. The van der Waals surface area contributed by atoms with Crippen LogP contribution in [0.5, 0.6) is 0 Å². The molecule has 2 aromatic heterocycles. The number of piperidine rings is 1. The van der Waals surface area contributed by atoms with Gasteiger partial charge in [-0.15, -0.1) is 0 Å². The van der Waals surface area contributed by atoms with Crippen LogP contribution in [0.2, 0.25) is 0 Å². The van der Waals surface area contributed by atoms with Crippen LogP contribution < -0.4 is 5.32 Å². The van der Waals surface area contributed by atoms with E-state index in [-0.39, 0.29) is 0 Å². The van der Waals surface area contributed by atoms with Gasteiger partial charge in [0.25, 0.3) is 0 Å². The fraction of sp³-hybridized carbons (Fsp3) is 0.294. The van der Waals surface area contributed by atoms with Crippen molar-refractivity contribution in [2.75, 3.05) is 6.54 Å². The van der Waals surface area contributed by atoms with Crippen LogP contribution in [0.25, 0.3) is 16.6 Å². The summed E-state index contributed by atoms with van der Waals surface area (Å²) in [4.78, 5) is 8.90. The fourth-order valence-corrected chi connectivity index (χ4v) is 3.07. The molecule has 1 aliphatic heterocycles. The molecule has 21 heavy (non-hydrogen) atoms. The van der Waals surface area contributed by atoms with Crippen molar-refractivity contribution in [3.8, 4) is 5.69 Å². The van der Waals surface area contributed by atoms with Gasteiger partial charge >= 0.3 is 0 Å². The summed E-state index contributed by atoms with van der Waals surface area (Å²) >= 11 is 0. The molecule has 0 spiro atoms. The van der Waals surface area contributed by atoms with E-state index in [2.05, 4.69) is 32.0 Å². The molecule has 0 saturated carbocycles. The predicted octanol–water partition coefficient (Wildman–Crippen LogP) is 3.24. The lowest BCUT2D eigenvalue weighted by Crippen LogP contribution is -2.28. The highest BCUT2D eigenvalue weighted by atomic mass is 15.1. The van der Waals surface area contributed by atoms with Crippen molar-refractivity contribution >= 4 is 10.9 Å². The maximum absolute atomic E-state index is 4.55. The average molecular weight is 278 g/mol. The number of rotatable bonds is 2. The molecular weight excluding hydrogens is 260 g/mol. The Hall–Kier alpha value is -2.20. The van der Waals surface area contributed by atoms with Crippen molar-refractivity contribution < 1.29 is 0 Å². The van der Waals surface area contributed by atoms with Gasteiger partial charge in [-0.1, -0.05) is 24.6 Å². The third kappa shape index (κ3) is 2.32. The average Bonchev–Trinajstić information content (AvgIpc) is 3.05. The summed E-state index contributed by atoms with van der Waals surface area (Å²) in [5, 5.41) is 4.75. The maximum Gasteiger partial charge on any atom is 0.0995 e. The lowest BCUT2D eigenvalue weighted by molar-refractivity contribution is 0.402. The largest absolute Gasteiger partial charge is 0.309 e. The first kappa shape index (κ1) is 12.5. The van der Waals surface area contributed by atoms with Gasteiger partial charge in [-0.3, -0.25) is 4.98 Å². The smallest absolute Gasteiger partial charge is 0.0995 e. The van der Waals surface area contributed by atoms with Gasteiger partial charge in [0.05, 0.1) is 35.6 Å². The highest BCUT2D eigenvalue weighted by molar-refractivity contribution is 5.80. The van der Waals surface area contributed by atoms with E-state index in [1.807, 2.05) is 36.9 Å². The molecule has 4 rings (SSSR count). The van der Waals surface area contributed by atoms with E-state index in [0.29, 0.717) is 6.04 Å². The Kier molecular flexibility index (Phi) is 3.16. The zero-order valence-electron chi connectivity index (χ0n) is 11.9. The van der Waals surface area contributed by atoms with Crippen LogP contribution in [0.4, 0.5) is 0 Å². The lowest BCUT2D eigenvalue weighted by atomic mass is 10.0. The zero-order chi connectivity index (χ0) is 14.1. The Bertz CT molecular complexity index is 756. The molecule has 0 amide bonds. The van der Waals surface area contributed by atoms with E-state index in [4.69, 9.17) is 0 Å². The molecule has 1 N–H and O–H groups in total. The van der Waals surface area contributed by atoms with Gasteiger partial charge in [0.15, 0.2) is 0 Å². The number of pyridine rings is 1. The molecule has 106 valence electrons. The number of para-hydroxylation sites is 1. The quantitative estimate of drug-likeness (QED) is 0.782. The molecule has 0 radical (unpaired) electrons. The molecule has 1 aliphatic rings. The van der Waals surface area contributed by atoms with Gasteiger partial charge in [0.2, 0.25) is 0 Å². The highest BCUT2D eigenvalue weighted by Crippen LogP contribution is 2.25. The molecule has 0 bridgehead atoms. The number of hydrogen-bond donors (Lipinski definition) is 1. The van der Waals surface area contributed by atoms with Crippen LogP contribution in [0.15, 0.2) is 49.1 Å². The van der Waals surface area contributed by atoms with Crippen LogP contribution >= 0.6 is 0 Å². The second-order valence-electron chi connectivity index (χ2n) is 5.58. The van der Waals surface area contributed by atoms with Gasteiger partial charge in [-0.2, -0.15) is 0 Å². The molecule has 1 aromatic carbocycles. The van der Waals surface area contributed by atoms with E-state index < -0.39 is 0 Å². The van der Waals surface area contributed by atoms with Crippen LogP contribution in [0.3, 0.4) is 0 Å². The van der Waals surface area contributed by atoms with E-state index >= 15 is 0 Å². The lowest BCUT2D eigenvalue weighted by Gasteiger charge is -2.24. The summed E-state index contributed by atoms with van der Waals surface area (Å²) in [5.41, 5.74) is 3.33. The Morgan fingerprint density at radius 3 is 3.00 bits per heavy atom. The minimum absolute atomic E-state index is 0.396. The van der Waals surface area contributed by atoms with E-state index in [1.54, 1.807) is 0 Å². The normalized spacial score (nSPS) is 19.0. The topological polar surface area (TPSA) is 42.7 Å². The molecule has 1 atom stereocenters. The van der Waals surface area contributed by atoms with Crippen molar-refractivity contribution in [3.63, 3.8) is 0 Å². The summed E-state index contributed by atoms with van der Waals surface area (Å²) in [6.45, 7) is 1.09. The third-order valence-corrected chi connectivity index (χ3v) is 4.19. The number of nitrogens with one attached hydrogen (secondary N) is 1. The first-order valence-corrected chi connectivity index (χ1v) is 7.52. The first-order valence-electron chi connectivity index (χ1n) is 7.52. The predicted molar refractivity (Wildman–Crippen MR) is 83.5 cm³/mol. The Labute approximate surface area is 123 Å². The monoisotopic (exact) mass is 278 g/mol. The Morgan fingerprint density at radius 2 is 2.10 bits per heavy atom. The maximum atomic E-state index is 4.55.